The molecular weight excluding hydrogens is 477 g/mol. The van der Waals surface area contributed by atoms with Gasteiger partial charge in [0, 0.05) is 10.6 Å². The summed E-state index contributed by atoms with van der Waals surface area (Å²) in [6.07, 6.45) is 4.23. The molecule has 32 heavy (non-hydrogen) atoms. The van der Waals surface area contributed by atoms with Gasteiger partial charge in [-0.15, -0.1) is 36.6 Å². The van der Waals surface area contributed by atoms with E-state index in [0.717, 1.165) is 30.6 Å². The number of carbonyl (C=O) groups excluding carboxylic acids is 2. The number of fused-ring (bicyclic) bond motifs is 1. The fourth-order valence-corrected chi connectivity index (χ4v) is 4.46. The third-order valence-corrected chi connectivity index (χ3v) is 6.00. The van der Waals surface area contributed by atoms with Crippen molar-refractivity contribution in [3.05, 3.63) is 24.3 Å². The van der Waals surface area contributed by atoms with E-state index >= 15 is 0 Å². The number of halogens is 2. The highest BCUT2D eigenvalue weighted by Crippen LogP contribution is 2.34. The Morgan fingerprint density at radius 3 is 2.59 bits per heavy atom. The molecule has 1 heterocycles. The molecule has 0 saturated heterocycles. The zero-order valence-corrected chi connectivity index (χ0v) is 20.6. The second-order valence-corrected chi connectivity index (χ2v) is 8.17. The van der Waals surface area contributed by atoms with Crippen molar-refractivity contribution >= 4 is 60.1 Å². The molecule has 0 aliphatic carbocycles. The van der Waals surface area contributed by atoms with Crippen molar-refractivity contribution in [1.82, 2.24) is 5.32 Å². The molecule has 0 aromatic heterocycles. The van der Waals surface area contributed by atoms with Crippen molar-refractivity contribution in [3.8, 4) is 0 Å². The number of ether oxygens (including phenoxy) is 1. The van der Waals surface area contributed by atoms with Gasteiger partial charge in [0.25, 0.3) is 0 Å². The van der Waals surface area contributed by atoms with Crippen LogP contribution in [0.15, 0.2) is 29.2 Å². The van der Waals surface area contributed by atoms with Gasteiger partial charge >= 0.3 is 11.9 Å². The fourth-order valence-electron chi connectivity index (χ4n) is 3.37. The zero-order valence-electron chi connectivity index (χ0n) is 18.2. The van der Waals surface area contributed by atoms with Crippen LogP contribution in [-0.2, 0) is 19.1 Å². The lowest BCUT2D eigenvalue weighted by Crippen LogP contribution is -2.54. The zero-order chi connectivity index (χ0) is 21.9. The van der Waals surface area contributed by atoms with Crippen LogP contribution in [0.3, 0.4) is 0 Å². The number of benzene rings is 1. The molecule has 1 aliphatic rings. The van der Waals surface area contributed by atoms with Crippen molar-refractivity contribution in [1.29, 1.82) is 0 Å². The molecule has 1 aromatic rings. The normalized spacial score (nSPS) is 16.1. The van der Waals surface area contributed by atoms with E-state index < -0.39 is 24.6 Å². The maximum atomic E-state index is 13.2. The monoisotopic (exact) mass is 509 g/mol. The smallest absolute Gasteiger partial charge is 0.323 e. The minimum Gasteiger partial charge on any atom is -0.480 e. The highest BCUT2D eigenvalue weighted by Gasteiger charge is 2.34. The standard InChI is InChI=1S/C21H31N3O5S.2ClH/c1-2-29-21(28)15(9-5-3-4-8-12-22)23-16-14-30-18-11-7-6-10-17(18)24(20(16)27)13-19(25)26;;/h6-7,10-11,15-16,23H,2-5,8-9,12-14,22H2,1H3,(H,25,26);2*1H/t15-,16-;;/m0../s1. The summed E-state index contributed by atoms with van der Waals surface area (Å²) in [5.74, 6) is -1.44. The van der Waals surface area contributed by atoms with Crippen LogP contribution >= 0.6 is 36.6 Å². The Bertz CT molecular complexity index is 741. The van der Waals surface area contributed by atoms with Gasteiger partial charge in [-0.1, -0.05) is 31.4 Å². The van der Waals surface area contributed by atoms with Gasteiger partial charge in [0.2, 0.25) is 5.91 Å². The van der Waals surface area contributed by atoms with E-state index in [1.165, 1.54) is 16.7 Å². The summed E-state index contributed by atoms with van der Waals surface area (Å²) in [4.78, 5) is 39.2. The summed E-state index contributed by atoms with van der Waals surface area (Å²) in [7, 11) is 0. The van der Waals surface area contributed by atoms with Crippen molar-refractivity contribution in [2.75, 3.05) is 30.3 Å². The quantitative estimate of drug-likeness (QED) is 0.290. The van der Waals surface area contributed by atoms with E-state index in [4.69, 9.17) is 10.5 Å². The number of hydrogen-bond donors (Lipinski definition) is 3. The number of hydrogen-bond acceptors (Lipinski definition) is 7. The predicted molar refractivity (Wildman–Crippen MR) is 131 cm³/mol. The van der Waals surface area contributed by atoms with E-state index in [9.17, 15) is 19.5 Å². The van der Waals surface area contributed by atoms with Gasteiger partial charge in [-0.25, -0.2) is 0 Å². The van der Waals surface area contributed by atoms with Crippen LogP contribution in [-0.4, -0.2) is 60.5 Å². The van der Waals surface area contributed by atoms with Crippen LogP contribution in [0.1, 0.15) is 39.0 Å². The average Bonchev–Trinajstić information content (AvgIpc) is 2.84. The number of unbranched alkanes of at least 4 members (excludes halogenated alkanes) is 3. The van der Waals surface area contributed by atoms with E-state index in [0.29, 0.717) is 24.4 Å². The molecule has 1 amide bonds. The first-order valence-electron chi connectivity index (χ1n) is 10.4. The number of nitrogens with two attached hydrogens (primary N) is 1. The van der Waals surface area contributed by atoms with Crippen LogP contribution in [0.2, 0.25) is 0 Å². The van der Waals surface area contributed by atoms with Crippen LogP contribution in [0.4, 0.5) is 5.69 Å². The molecule has 2 atom stereocenters. The number of carbonyl (C=O) groups is 3. The van der Waals surface area contributed by atoms with Crippen molar-refractivity contribution in [2.24, 2.45) is 5.73 Å². The van der Waals surface area contributed by atoms with Crippen molar-refractivity contribution in [3.63, 3.8) is 0 Å². The minimum absolute atomic E-state index is 0. The van der Waals surface area contributed by atoms with Gasteiger partial charge in [-0.3, -0.25) is 24.6 Å². The first kappa shape index (κ1) is 30.5. The molecule has 0 fully saturated rings. The van der Waals surface area contributed by atoms with Gasteiger partial charge in [-0.2, -0.15) is 0 Å². The Morgan fingerprint density at radius 1 is 1.25 bits per heavy atom. The number of rotatable bonds is 12. The molecule has 0 spiro atoms. The number of anilines is 1. The van der Waals surface area contributed by atoms with Crippen LogP contribution < -0.4 is 16.0 Å². The van der Waals surface area contributed by atoms with Crippen LogP contribution in [0, 0.1) is 0 Å². The number of thioether (sulfide) groups is 1. The molecule has 1 aromatic carbocycles. The average molecular weight is 510 g/mol. The summed E-state index contributed by atoms with van der Waals surface area (Å²) in [5.41, 5.74) is 6.10. The molecule has 0 radical (unpaired) electrons. The second kappa shape index (κ2) is 16.1. The topological polar surface area (TPSA) is 122 Å². The van der Waals surface area contributed by atoms with Gasteiger partial charge in [0.1, 0.15) is 12.6 Å². The number of carboxylic acids is 1. The van der Waals surface area contributed by atoms with E-state index in [-0.39, 0.29) is 43.3 Å². The van der Waals surface area contributed by atoms with E-state index in [1.54, 1.807) is 19.1 Å². The molecule has 11 heteroatoms. The second-order valence-electron chi connectivity index (χ2n) is 7.11. The summed E-state index contributed by atoms with van der Waals surface area (Å²) in [5, 5.41) is 12.5. The van der Waals surface area contributed by atoms with E-state index in [1.807, 2.05) is 12.1 Å². The molecule has 182 valence electrons. The molecular formula is C21H33Cl2N3O5S. The lowest BCUT2D eigenvalue weighted by Gasteiger charge is -2.27. The molecule has 4 N–H and O–H groups in total. The third kappa shape index (κ3) is 9.15. The highest BCUT2D eigenvalue weighted by molar-refractivity contribution is 7.99. The highest BCUT2D eigenvalue weighted by atomic mass is 35.5. The predicted octanol–water partition coefficient (Wildman–Crippen LogP) is 2.85. The molecule has 0 bridgehead atoms. The summed E-state index contributed by atoms with van der Waals surface area (Å²) >= 11 is 1.47. The van der Waals surface area contributed by atoms with Gasteiger partial charge in [0.05, 0.1) is 18.3 Å². The summed E-state index contributed by atoms with van der Waals surface area (Å²) in [6, 6.07) is 5.92. The van der Waals surface area contributed by atoms with Gasteiger partial charge in [-0.05, 0) is 38.4 Å². The van der Waals surface area contributed by atoms with Crippen molar-refractivity contribution < 1.29 is 24.2 Å². The molecule has 0 unspecified atom stereocenters. The van der Waals surface area contributed by atoms with Crippen molar-refractivity contribution in [2.45, 2.75) is 56.0 Å². The minimum atomic E-state index is -1.09. The Hall–Kier alpha value is -1.52. The Morgan fingerprint density at radius 2 is 1.94 bits per heavy atom. The first-order valence-corrected chi connectivity index (χ1v) is 11.3. The van der Waals surface area contributed by atoms with Gasteiger partial charge < -0.3 is 15.6 Å². The molecule has 2 rings (SSSR count). The fraction of sp³-hybridized carbons (Fsp3) is 0.571. The molecule has 8 nitrogen and oxygen atoms in total. The summed E-state index contributed by atoms with van der Waals surface area (Å²) in [6.45, 7) is 2.22. The first-order chi connectivity index (χ1) is 14.5. The number of aliphatic carboxylic acids is 1. The number of nitrogens with zero attached hydrogens (tertiary/aromatic N) is 1. The Kier molecular flexibility index (Phi) is 15.4. The largest absolute Gasteiger partial charge is 0.480 e. The lowest BCUT2D eigenvalue weighted by molar-refractivity contribution is -0.146. The lowest BCUT2D eigenvalue weighted by atomic mass is 10.1. The summed E-state index contributed by atoms with van der Waals surface area (Å²) < 4.78 is 5.20. The maximum absolute atomic E-state index is 13.2. The van der Waals surface area contributed by atoms with Gasteiger partial charge in [0.15, 0.2) is 0 Å². The SMILES string of the molecule is CCOC(=O)[C@H](CCCCCCN)N[C@H]1CSc2ccccc2N(CC(=O)O)C1=O.Cl.Cl. The van der Waals surface area contributed by atoms with Crippen LogP contribution in [0.25, 0.3) is 0 Å². The number of nitrogens with one attached hydrogen (secondary N) is 1. The Labute approximate surface area is 205 Å². The van der Waals surface area contributed by atoms with E-state index in [2.05, 4.69) is 5.32 Å². The molecule has 1 aliphatic heterocycles. The molecule has 0 saturated carbocycles. The number of amides is 1. The maximum Gasteiger partial charge on any atom is 0.323 e. The third-order valence-electron chi connectivity index (χ3n) is 4.84. The number of para-hydroxylation sites is 1. The van der Waals surface area contributed by atoms with Crippen LogP contribution in [0.5, 0.6) is 0 Å². The Balaban J connectivity index is 0.00000480. The number of carboxylic acid groups (broad SMARTS) is 1. The number of esters is 1.